The van der Waals surface area contributed by atoms with Crippen molar-refractivity contribution in [1.29, 1.82) is 0 Å². The minimum atomic E-state index is -0.391. The molecule has 5 nitrogen and oxygen atoms in total. The normalized spacial score (nSPS) is 19.2. The van der Waals surface area contributed by atoms with Crippen LogP contribution in [-0.4, -0.2) is 21.7 Å². The minimum absolute atomic E-state index is 0.0336. The lowest BCUT2D eigenvalue weighted by Crippen LogP contribution is -2.36. The molecule has 1 aromatic carbocycles. The summed E-state index contributed by atoms with van der Waals surface area (Å²) in [4.78, 5) is 24.8. The highest BCUT2D eigenvalue weighted by Crippen LogP contribution is 2.44. The van der Waals surface area contributed by atoms with Gasteiger partial charge in [0.1, 0.15) is 5.56 Å². The van der Waals surface area contributed by atoms with Crippen molar-refractivity contribution in [3.05, 3.63) is 61.0 Å². The van der Waals surface area contributed by atoms with Gasteiger partial charge in [-0.15, -0.1) is 0 Å². The van der Waals surface area contributed by atoms with E-state index in [1.807, 2.05) is 6.07 Å². The van der Waals surface area contributed by atoms with Crippen LogP contribution in [0.25, 0.3) is 0 Å². The summed E-state index contributed by atoms with van der Waals surface area (Å²) in [7, 11) is 1.54. The first kappa shape index (κ1) is 17.0. The van der Waals surface area contributed by atoms with Gasteiger partial charge in [0, 0.05) is 29.1 Å². The summed E-state index contributed by atoms with van der Waals surface area (Å²) in [5, 5.41) is 8.19. The lowest BCUT2D eigenvalue weighted by atomic mass is 10.1. The molecule has 1 saturated carbocycles. The van der Waals surface area contributed by atoms with E-state index in [9.17, 15) is 9.59 Å². The van der Waals surface area contributed by atoms with Crippen molar-refractivity contribution < 1.29 is 4.79 Å². The average Bonchev–Trinajstić information content (AvgIpc) is 3.24. The number of halogens is 2. The third kappa shape index (κ3) is 3.06. The van der Waals surface area contributed by atoms with E-state index in [1.54, 1.807) is 33.0 Å². The van der Waals surface area contributed by atoms with Crippen LogP contribution in [0.5, 0.6) is 0 Å². The van der Waals surface area contributed by atoms with Gasteiger partial charge in [-0.3, -0.25) is 9.59 Å². The highest BCUT2D eigenvalue weighted by molar-refractivity contribution is 6.35. The van der Waals surface area contributed by atoms with E-state index in [0.29, 0.717) is 21.3 Å². The summed E-state index contributed by atoms with van der Waals surface area (Å²) in [5.74, 6) is -0.220. The topological polar surface area (TPSA) is 64.0 Å². The number of nitrogens with one attached hydrogen (secondary N) is 1. The predicted octanol–water partition coefficient (Wildman–Crippen LogP) is 2.99. The van der Waals surface area contributed by atoms with Crippen LogP contribution in [0.4, 0.5) is 0 Å². The van der Waals surface area contributed by atoms with Crippen LogP contribution < -0.4 is 10.9 Å². The van der Waals surface area contributed by atoms with Gasteiger partial charge in [-0.2, -0.15) is 5.10 Å². The van der Waals surface area contributed by atoms with Crippen LogP contribution in [0.3, 0.4) is 0 Å². The molecule has 7 heteroatoms. The molecule has 0 spiro atoms. The van der Waals surface area contributed by atoms with E-state index in [-0.39, 0.29) is 23.4 Å². The fourth-order valence-electron chi connectivity index (χ4n) is 2.86. The van der Waals surface area contributed by atoms with Gasteiger partial charge in [-0.1, -0.05) is 29.3 Å². The number of carbonyl (C=O) groups excluding carboxylic acids is 1. The second-order valence-electron chi connectivity index (χ2n) is 6.10. The highest BCUT2D eigenvalue weighted by atomic mass is 35.5. The molecule has 0 radical (unpaired) electrons. The Morgan fingerprint density at radius 1 is 1.33 bits per heavy atom. The second-order valence-corrected chi connectivity index (χ2v) is 6.95. The molecule has 2 aromatic rings. The number of hydrogen-bond acceptors (Lipinski definition) is 3. The van der Waals surface area contributed by atoms with Crippen molar-refractivity contribution >= 4 is 29.1 Å². The van der Waals surface area contributed by atoms with Crippen molar-refractivity contribution in [2.45, 2.75) is 32.2 Å². The number of amides is 1. The van der Waals surface area contributed by atoms with Gasteiger partial charge in [0.2, 0.25) is 0 Å². The molecule has 126 valence electrons. The molecule has 0 saturated heterocycles. The number of nitrogens with zero attached hydrogens (tertiary/aromatic N) is 2. The van der Waals surface area contributed by atoms with Crippen LogP contribution in [-0.2, 0) is 7.05 Å². The summed E-state index contributed by atoms with van der Waals surface area (Å²) in [6.07, 6.45) is 0.788. The Kier molecular flexibility index (Phi) is 4.40. The van der Waals surface area contributed by atoms with Crippen molar-refractivity contribution in [2.75, 3.05) is 0 Å². The molecule has 0 aliphatic heterocycles. The zero-order chi connectivity index (χ0) is 17.6. The van der Waals surface area contributed by atoms with Gasteiger partial charge >= 0.3 is 0 Å². The van der Waals surface area contributed by atoms with Crippen LogP contribution in [0.1, 0.15) is 39.5 Å². The Morgan fingerprint density at radius 2 is 2.04 bits per heavy atom. The molecule has 0 bridgehead atoms. The molecule has 2 atom stereocenters. The number of rotatable bonds is 3. The molecule has 24 heavy (non-hydrogen) atoms. The molecule has 1 aromatic heterocycles. The SMILES string of the molecule is Cc1nn(C)c(=O)c(C(=O)N[C@@H]2C[C@H]2c2ccc(Cl)cc2Cl)c1C. The molecule has 1 fully saturated rings. The van der Waals surface area contributed by atoms with E-state index in [1.165, 1.54) is 4.68 Å². The summed E-state index contributed by atoms with van der Waals surface area (Å²) in [6.45, 7) is 3.51. The maximum Gasteiger partial charge on any atom is 0.279 e. The van der Waals surface area contributed by atoms with E-state index in [2.05, 4.69) is 10.4 Å². The highest BCUT2D eigenvalue weighted by Gasteiger charge is 2.41. The summed E-state index contributed by atoms with van der Waals surface area (Å²) in [6, 6.07) is 5.32. The maximum absolute atomic E-state index is 12.6. The van der Waals surface area contributed by atoms with E-state index < -0.39 is 5.56 Å². The van der Waals surface area contributed by atoms with Crippen LogP contribution in [0, 0.1) is 13.8 Å². The first-order chi connectivity index (χ1) is 11.3. The molecule has 1 amide bonds. The molecule has 1 aliphatic carbocycles. The van der Waals surface area contributed by atoms with Crippen LogP contribution in [0.15, 0.2) is 23.0 Å². The Balaban J connectivity index is 1.80. The zero-order valence-corrected chi connectivity index (χ0v) is 15.1. The van der Waals surface area contributed by atoms with Crippen LogP contribution >= 0.6 is 23.2 Å². The Hall–Kier alpha value is -1.85. The van der Waals surface area contributed by atoms with E-state index in [0.717, 1.165) is 12.0 Å². The Labute approximate surface area is 149 Å². The number of benzene rings is 1. The van der Waals surface area contributed by atoms with Crippen molar-refractivity contribution in [3.8, 4) is 0 Å². The quantitative estimate of drug-likeness (QED) is 0.908. The standard InChI is InChI=1S/C17H17Cl2N3O2/c1-8-9(2)21-22(3)17(24)15(8)16(23)20-14-7-12(14)11-5-4-10(18)6-13(11)19/h4-6,12,14H,7H2,1-3H3,(H,20,23)/t12-,14+/m0/s1. The molecular weight excluding hydrogens is 349 g/mol. The Bertz CT molecular complexity index is 892. The fourth-order valence-corrected chi connectivity index (χ4v) is 3.41. The number of aryl methyl sites for hydroxylation is 2. The first-order valence-corrected chi connectivity index (χ1v) is 8.35. The number of aromatic nitrogens is 2. The third-order valence-corrected chi connectivity index (χ3v) is 4.98. The molecular formula is C17H17Cl2N3O2. The number of carbonyl (C=O) groups is 1. The van der Waals surface area contributed by atoms with Gasteiger partial charge in [-0.25, -0.2) is 4.68 Å². The zero-order valence-electron chi connectivity index (χ0n) is 13.6. The maximum atomic E-state index is 12.6. The second kappa shape index (κ2) is 6.22. The smallest absolute Gasteiger partial charge is 0.279 e. The molecule has 1 N–H and O–H groups in total. The first-order valence-electron chi connectivity index (χ1n) is 7.60. The van der Waals surface area contributed by atoms with E-state index in [4.69, 9.17) is 23.2 Å². The average molecular weight is 366 g/mol. The summed E-state index contributed by atoms with van der Waals surface area (Å²) < 4.78 is 1.19. The predicted molar refractivity (Wildman–Crippen MR) is 94.0 cm³/mol. The number of hydrogen-bond donors (Lipinski definition) is 1. The molecule has 1 heterocycles. The third-order valence-electron chi connectivity index (χ3n) is 4.42. The Morgan fingerprint density at radius 3 is 2.71 bits per heavy atom. The largest absolute Gasteiger partial charge is 0.348 e. The minimum Gasteiger partial charge on any atom is -0.348 e. The van der Waals surface area contributed by atoms with Crippen molar-refractivity contribution in [3.63, 3.8) is 0 Å². The molecule has 1 aliphatic rings. The summed E-state index contributed by atoms with van der Waals surface area (Å²) in [5.41, 5.74) is 1.99. The fraction of sp³-hybridized carbons (Fsp3) is 0.353. The lowest BCUT2D eigenvalue weighted by Gasteiger charge is -2.10. The van der Waals surface area contributed by atoms with Gasteiger partial charge in [0.15, 0.2) is 0 Å². The molecule has 0 unspecified atom stereocenters. The lowest BCUT2D eigenvalue weighted by molar-refractivity contribution is 0.0947. The van der Waals surface area contributed by atoms with Gasteiger partial charge in [0.25, 0.3) is 11.5 Å². The molecule has 3 rings (SSSR count). The van der Waals surface area contributed by atoms with Gasteiger partial charge < -0.3 is 5.32 Å². The van der Waals surface area contributed by atoms with Crippen LogP contribution in [0.2, 0.25) is 10.0 Å². The monoisotopic (exact) mass is 365 g/mol. The van der Waals surface area contributed by atoms with E-state index >= 15 is 0 Å². The van der Waals surface area contributed by atoms with Gasteiger partial charge in [-0.05, 0) is 43.5 Å². The summed E-state index contributed by atoms with van der Waals surface area (Å²) >= 11 is 12.1. The van der Waals surface area contributed by atoms with Crippen molar-refractivity contribution in [2.24, 2.45) is 7.05 Å². The van der Waals surface area contributed by atoms with Gasteiger partial charge in [0.05, 0.1) is 5.69 Å². The van der Waals surface area contributed by atoms with Crippen molar-refractivity contribution in [1.82, 2.24) is 15.1 Å².